The fraction of sp³-hybridized carbons (Fsp3) is 0.250. The van der Waals surface area contributed by atoms with Gasteiger partial charge in [0.05, 0.1) is 11.3 Å². The van der Waals surface area contributed by atoms with E-state index in [0.717, 1.165) is 24.1 Å². The zero-order chi connectivity index (χ0) is 22.0. The van der Waals surface area contributed by atoms with Crippen LogP contribution in [0.3, 0.4) is 0 Å². The third kappa shape index (κ3) is 4.30. The Kier molecular flexibility index (Phi) is 5.75. The average Bonchev–Trinajstić information content (AvgIpc) is 2.80. The van der Waals surface area contributed by atoms with E-state index in [4.69, 9.17) is 5.73 Å². The number of amides is 1. The number of benzene rings is 2. The molecule has 2 aromatic carbocycles. The Balaban J connectivity index is 1.57. The lowest BCUT2D eigenvalue weighted by Crippen LogP contribution is -2.39. The number of aromatic nitrogens is 1. The largest absolute Gasteiger partial charge is 0.393 e. The molecule has 1 fully saturated rings. The van der Waals surface area contributed by atoms with Gasteiger partial charge in [-0.25, -0.2) is 4.39 Å². The molecule has 0 spiro atoms. The number of nitrogens with one attached hydrogen (secondary N) is 1. The minimum Gasteiger partial charge on any atom is -0.393 e. The Morgan fingerprint density at radius 2 is 1.71 bits per heavy atom. The molecule has 1 saturated heterocycles. The summed E-state index contributed by atoms with van der Waals surface area (Å²) in [7, 11) is 1.59. The molecular weight excluding hydrogens is 395 g/mol. The van der Waals surface area contributed by atoms with Crippen molar-refractivity contribution in [1.82, 2.24) is 9.47 Å². The number of piperidine rings is 1. The van der Waals surface area contributed by atoms with Crippen molar-refractivity contribution in [3.63, 3.8) is 0 Å². The molecule has 6 nitrogen and oxygen atoms in total. The van der Waals surface area contributed by atoms with E-state index in [1.165, 1.54) is 16.7 Å². The lowest BCUT2D eigenvalue weighted by atomic mass is 9.89. The second kappa shape index (κ2) is 8.63. The molecule has 0 aliphatic carbocycles. The molecule has 1 aliphatic rings. The van der Waals surface area contributed by atoms with Crippen LogP contribution in [0.4, 0.5) is 21.5 Å². The van der Waals surface area contributed by atoms with Gasteiger partial charge < -0.3 is 20.5 Å². The Hall–Kier alpha value is -3.61. The van der Waals surface area contributed by atoms with E-state index in [1.807, 2.05) is 42.5 Å². The number of hydrogen-bond acceptors (Lipinski definition) is 4. The molecule has 0 saturated carbocycles. The van der Waals surface area contributed by atoms with Crippen LogP contribution in [0.25, 0.3) is 0 Å². The van der Waals surface area contributed by atoms with E-state index in [9.17, 15) is 14.0 Å². The normalized spacial score (nSPS) is 14.5. The first-order valence-electron chi connectivity index (χ1n) is 10.3. The fourth-order valence-corrected chi connectivity index (χ4v) is 4.04. The number of likely N-dealkylation sites (tertiary alicyclic amines) is 1. The standard InChI is InChI=1S/C24H25FN4O2/c1-28-15-20(22(21(26)24(28)31)27-19-5-3-2-4-6-19)23(30)29-13-11-17(12-14-29)16-7-9-18(25)10-8-16/h2-10,15,17,27H,11-14,26H2,1H3. The van der Waals surface area contributed by atoms with E-state index in [0.29, 0.717) is 24.3 Å². The van der Waals surface area contributed by atoms with Crippen LogP contribution in [0.1, 0.15) is 34.7 Å². The number of anilines is 3. The minimum atomic E-state index is -0.356. The first-order chi connectivity index (χ1) is 14.9. The van der Waals surface area contributed by atoms with E-state index in [-0.39, 0.29) is 28.9 Å². The van der Waals surface area contributed by atoms with Gasteiger partial charge in [0.25, 0.3) is 11.5 Å². The summed E-state index contributed by atoms with van der Waals surface area (Å²) in [6, 6.07) is 15.9. The van der Waals surface area contributed by atoms with Gasteiger partial charge in [0, 0.05) is 32.0 Å². The molecule has 0 atom stereocenters. The molecule has 0 unspecified atom stereocenters. The highest BCUT2D eigenvalue weighted by atomic mass is 19.1. The Bertz CT molecular complexity index is 1130. The van der Waals surface area contributed by atoms with Gasteiger partial charge in [-0.3, -0.25) is 9.59 Å². The third-order valence-corrected chi connectivity index (χ3v) is 5.81. The SMILES string of the molecule is Cn1cc(C(=O)N2CCC(c3ccc(F)cc3)CC2)c(Nc2ccccc2)c(N)c1=O. The molecule has 4 rings (SSSR count). The second-order valence-corrected chi connectivity index (χ2v) is 7.86. The van der Waals surface area contributed by atoms with Crippen LogP contribution in [0, 0.1) is 5.82 Å². The highest BCUT2D eigenvalue weighted by molar-refractivity contribution is 6.02. The Morgan fingerprint density at radius 1 is 1.06 bits per heavy atom. The molecule has 0 bridgehead atoms. The summed E-state index contributed by atoms with van der Waals surface area (Å²) in [6.45, 7) is 1.16. The number of nitrogen functional groups attached to an aromatic ring is 1. The number of hydrogen-bond donors (Lipinski definition) is 2. The van der Waals surface area contributed by atoms with Crippen molar-refractivity contribution in [2.24, 2.45) is 7.05 Å². The number of rotatable bonds is 4. The minimum absolute atomic E-state index is 0.0124. The van der Waals surface area contributed by atoms with Crippen molar-refractivity contribution in [3.8, 4) is 0 Å². The summed E-state index contributed by atoms with van der Waals surface area (Å²) >= 11 is 0. The lowest BCUT2D eigenvalue weighted by molar-refractivity contribution is 0.0713. The van der Waals surface area contributed by atoms with Gasteiger partial charge in [0.15, 0.2) is 0 Å². The monoisotopic (exact) mass is 420 g/mol. The third-order valence-electron chi connectivity index (χ3n) is 5.81. The first-order valence-corrected chi connectivity index (χ1v) is 10.3. The number of para-hydroxylation sites is 1. The highest BCUT2D eigenvalue weighted by Crippen LogP contribution is 2.31. The summed E-state index contributed by atoms with van der Waals surface area (Å²) in [4.78, 5) is 27.6. The fourth-order valence-electron chi connectivity index (χ4n) is 4.04. The van der Waals surface area contributed by atoms with Crippen LogP contribution in [-0.4, -0.2) is 28.5 Å². The molecule has 1 aromatic heterocycles. The van der Waals surface area contributed by atoms with Crippen molar-refractivity contribution in [1.29, 1.82) is 0 Å². The molecule has 160 valence electrons. The smallest absolute Gasteiger partial charge is 0.275 e. The van der Waals surface area contributed by atoms with E-state index >= 15 is 0 Å². The van der Waals surface area contributed by atoms with E-state index in [1.54, 1.807) is 18.1 Å². The summed E-state index contributed by atoms with van der Waals surface area (Å²) in [5.41, 5.74) is 8.30. The molecule has 1 aliphatic heterocycles. The van der Waals surface area contributed by atoms with Crippen LogP contribution < -0.4 is 16.6 Å². The quantitative estimate of drug-likeness (QED) is 0.672. The number of halogens is 1. The van der Waals surface area contributed by atoms with Crippen LogP contribution in [-0.2, 0) is 7.05 Å². The maximum absolute atomic E-state index is 13.4. The van der Waals surface area contributed by atoms with Gasteiger partial charge in [-0.1, -0.05) is 30.3 Å². The molecule has 1 amide bonds. The lowest BCUT2D eigenvalue weighted by Gasteiger charge is -2.33. The maximum atomic E-state index is 13.4. The van der Waals surface area contributed by atoms with Crippen molar-refractivity contribution >= 4 is 23.0 Å². The summed E-state index contributed by atoms with van der Waals surface area (Å²) in [5, 5.41) is 3.15. The van der Waals surface area contributed by atoms with Gasteiger partial charge >= 0.3 is 0 Å². The zero-order valence-corrected chi connectivity index (χ0v) is 17.3. The van der Waals surface area contributed by atoms with E-state index < -0.39 is 0 Å². The van der Waals surface area contributed by atoms with Gasteiger partial charge in [-0.05, 0) is 48.6 Å². The highest BCUT2D eigenvalue weighted by Gasteiger charge is 2.27. The van der Waals surface area contributed by atoms with Crippen LogP contribution in [0.15, 0.2) is 65.6 Å². The topological polar surface area (TPSA) is 80.4 Å². The zero-order valence-electron chi connectivity index (χ0n) is 17.3. The number of aryl methyl sites for hydroxylation is 1. The van der Waals surface area contributed by atoms with Gasteiger partial charge in [0.1, 0.15) is 11.5 Å². The molecule has 3 aromatic rings. The van der Waals surface area contributed by atoms with Crippen molar-refractivity contribution in [3.05, 3.63) is 88.1 Å². The number of carbonyl (C=O) groups is 1. The predicted molar refractivity (Wildman–Crippen MR) is 120 cm³/mol. The van der Waals surface area contributed by atoms with Crippen LogP contribution >= 0.6 is 0 Å². The Labute approximate surface area is 180 Å². The summed E-state index contributed by atoms with van der Waals surface area (Å²) in [5.74, 6) is -0.128. The van der Waals surface area contributed by atoms with Gasteiger partial charge in [-0.2, -0.15) is 0 Å². The molecule has 2 heterocycles. The number of pyridine rings is 1. The molecular formula is C24H25FN4O2. The molecule has 7 heteroatoms. The average molecular weight is 420 g/mol. The molecule has 3 N–H and O–H groups in total. The summed E-state index contributed by atoms with van der Waals surface area (Å²) < 4.78 is 14.5. The number of nitrogens with two attached hydrogens (primary N) is 1. The Morgan fingerprint density at radius 3 is 2.35 bits per heavy atom. The predicted octanol–water partition coefficient (Wildman–Crippen LogP) is 3.87. The van der Waals surface area contributed by atoms with Crippen molar-refractivity contribution in [2.75, 3.05) is 24.1 Å². The summed E-state index contributed by atoms with van der Waals surface area (Å²) in [6.07, 6.45) is 3.12. The maximum Gasteiger partial charge on any atom is 0.275 e. The first kappa shape index (κ1) is 20.7. The van der Waals surface area contributed by atoms with Gasteiger partial charge in [-0.15, -0.1) is 0 Å². The van der Waals surface area contributed by atoms with Gasteiger partial charge in [0.2, 0.25) is 0 Å². The van der Waals surface area contributed by atoms with Crippen LogP contribution in [0.5, 0.6) is 0 Å². The van der Waals surface area contributed by atoms with Crippen LogP contribution in [0.2, 0.25) is 0 Å². The molecule has 31 heavy (non-hydrogen) atoms. The number of nitrogens with zero attached hydrogens (tertiary/aromatic N) is 2. The van der Waals surface area contributed by atoms with E-state index in [2.05, 4.69) is 5.32 Å². The van der Waals surface area contributed by atoms with Crippen molar-refractivity contribution < 1.29 is 9.18 Å². The molecule has 0 radical (unpaired) electrons. The van der Waals surface area contributed by atoms with Crippen molar-refractivity contribution in [2.45, 2.75) is 18.8 Å². The second-order valence-electron chi connectivity index (χ2n) is 7.86. The number of carbonyl (C=O) groups excluding carboxylic acids is 1.